The van der Waals surface area contributed by atoms with E-state index in [0.29, 0.717) is 17.7 Å². The molecule has 3 heteroatoms. The summed E-state index contributed by atoms with van der Waals surface area (Å²) in [5.41, 5.74) is 2.08. The van der Waals surface area contributed by atoms with Crippen LogP contribution in [0.5, 0.6) is 11.5 Å². The minimum atomic E-state index is 0.0968. The molecule has 0 saturated heterocycles. The van der Waals surface area contributed by atoms with Crippen LogP contribution in [0.15, 0.2) is 17.1 Å². The van der Waals surface area contributed by atoms with Crippen LogP contribution in [0.3, 0.4) is 0 Å². The molecule has 0 bridgehead atoms. The second-order valence-electron chi connectivity index (χ2n) is 10.8. The summed E-state index contributed by atoms with van der Waals surface area (Å²) in [4.78, 5) is 4.95. The third-order valence-corrected chi connectivity index (χ3v) is 8.61. The molecule has 3 nitrogen and oxygen atoms in total. The van der Waals surface area contributed by atoms with Crippen molar-refractivity contribution in [2.75, 3.05) is 7.11 Å². The number of methoxy groups -OCH3 is 1. The highest BCUT2D eigenvalue weighted by Gasteiger charge is 2.39. The zero-order valence-corrected chi connectivity index (χ0v) is 19.9. The molecule has 0 heterocycles. The van der Waals surface area contributed by atoms with Crippen LogP contribution in [0.1, 0.15) is 114 Å². The van der Waals surface area contributed by atoms with E-state index in [4.69, 9.17) is 9.73 Å². The predicted octanol–water partition coefficient (Wildman–Crippen LogP) is 7.57. The van der Waals surface area contributed by atoms with E-state index in [-0.39, 0.29) is 5.41 Å². The van der Waals surface area contributed by atoms with Crippen LogP contribution < -0.4 is 4.74 Å². The topological polar surface area (TPSA) is 41.8 Å². The van der Waals surface area contributed by atoms with Crippen molar-refractivity contribution in [3.63, 3.8) is 0 Å². The predicted molar refractivity (Wildman–Crippen MR) is 130 cm³/mol. The fourth-order valence-electron chi connectivity index (χ4n) is 6.70. The molecule has 3 fully saturated rings. The molecular formula is C28H43NO2. The Bertz CT molecular complexity index is 744. The quantitative estimate of drug-likeness (QED) is 0.477. The number of phenolic OH excluding ortho intramolecular Hbond substituents is 1. The van der Waals surface area contributed by atoms with E-state index < -0.39 is 0 Å². The van der Waals surface area contributed by atoms with Crippen LogP contribution in [0, 0.1) is 11.8 Å². The molecular weight excluding hydrogens is 382 g/mol. The molecule has 0 amide bonds. The molecule has 1 aromatic rings. The van der Waals surface area contributed by atoms with Gasteiger partial charge in [-0.15, -0.1) is 0 Å². The fourth-order valence-corrected chi connectivity index (χ4v) is 6.70. The smallest absolute Gasteiger partial charge is 0.128 e. The number of benzene rings is 1. The highest BCUT2D eigenvalue weighted by Crippen LogP contribution is 2.50. The van der Waals surface area contributed by atoms with Gasteiger partial charge < -0.3 is 9.84 Å². The first kappa shape index (κ1) is 22.7. The minimum Gasteiger partial charge on any atom is -0.507 e. The van der Waals surface area contributed by atoms with Crippen LogP contribution in [0.4, 0.5) is 0 Å². The average molecular weight is 426 g/mol. The highest BCUT2D eigenvalue weighted by molar-refractivity contribution is 5.85. The molecule has 0 radical (unpaired) electrons. The van der Waals surface area contributed by atoms with Crippen LogP contribution in [0.2, 0.25) is 0 Å². The van der Waals surface area contributed by atoms with Crippen LogP contribution in [-0.4, -0.2) is 24.5 Å². The van der Waals surface area contributed by atoms with Gasteiger partial charge in [0.05, 0.1) is 13.2 Å². The molecule has 3 saturated carbocycles. The molecule has 2 atom stereocenters. The monoisotopic (exact) mass is 425 g/mol. The second kappa shape index (κ2) is 10.4. The zero-order valence-electron chi connectivity index (χ0n) is 19.9. The van der Waals surface area contributed by atoms with Crippen molar-refractivity contribution in [1.29, 1.82) is 0 Å². The lowest BCUT2D eigenvalue weighted by molar-refractivity contribution is 0.198. The second-order valence-corrected chi connectivity index (χ2v) is 10.8. The lowest BCUT2D eigenvalue weighted by Gasteiger charge is -2.42. The van der Waals surface area contributed by atoms with Gasteiger partial charge in [-0.2, -0.15) is 0 Å². The Balaban J connectivity index is 1.66. The van der Waals surface area contributed by atoms with Gasteiger partial charge in [0.25, 0.3) is 0 Å². The highest BCUT2D eigenvalue weighted by atomic mass is 16.5. The summed E-state index contributed by atoms with van der Waals surface area (Å²) < 4.78 is 5.72. The van der Waals surface area contributed by atoms with E-state index in [1.165, 1.54) is 96.3 Å². The van der Waals surface area contributed by atoms with Gasteiger partial charge in [0.15, 0.2) is 0 Å². The van der Waals surface area contributed by atoms with E-state index in [9.17, 15) is 5.11 Å². The molecule has 1 N–H and O–H groups in total. The molecule has 1 aromatic carbocycles. The molecule has 31 heavy (non-hydrogen) atoms. The van der Waals surface area contributed by atoms with Crippen molar-refractivity contribution in [3.8, 4) is 11.5 Å². The molecule has 4 rings (SSSR count). The van der Waals surface area contributed by atoms with Gasteiger partial charge in [0.1, 0.15) is 11.5 Å². The molecule has 3 aliphatic carbocycles. The maximum atomic E-state index is 11.5. The van der Waals surface area contributed by atoms with Crippen molar-refractivity contribution in [1.82, 2.24) is 0 Å². The molecule has 0 aliphatic heterocycles. The van der Waals surface area contributed by atoms with Gasteiger partial charge in [0, 0.05) is 17.3 Å². The summed E-state index contributed by atoms with van der Waals surface area (Å²) in [5, 5.41) is 11.5. The Morgan fingerprint density at radius 3 is 2.35 bits per heavy atom. The summed E-state index contributed by atoms with van der Waals surface area (Å²) in [7, 11) is 1.75. The number of rotatable bonds is 6. The summed E-state index contributed by atoms with van der Waals surface area (Å²) in [6, 6.07) is 4.51. The van der Waals surface area contributed by atoms with Crippen LogP contribution >= 0.6 is 0 Å². The van der Waals surface area contributed by atoms with E-state index in [1.54, 1.807) is 7.11 Å². The summed E-state index contributed by atoms with van der Waals surface area (Å²) in [6.07, 6.45) is 21.3. The fraction of sp³-hybridized carbons (Fsp3) is 0.750. The Morgan fingerprint density at radius 1 is 0.968 bits per heavy atom. The number of hydrogen-bond acceptors (Lipinski definition) is 3. The minimum absolute atomic E-state index is 0.0968. The molecule has 0 spiro atoms. The number of phenols is 1. The molecule has 3 aliphatic rings. The van der Waals surface area contributed by atoms with E-state index in [0.717, 1.165) is 22.8 Å². The van der Waals surface area contributed by atoms with Crippen molar-refractivity contribution in [2.24, 2.45) is 16.8 Å². The number of nitrogens with zero attached hydrogens (tertiary/aromatic N) is 1. The van der Waals surface area contributed by atoms with Crippen molar-refractivity contribution >= 4 is 6.21 Å². The maximum Gasteiger partial charge on any atom is 0.128 e. The average Bonchev–Trinajstić information content (AvgIpc) is 2.80. The normalized spacial score (nSPS) is 27.4. The molecule has 172 valence electrons. The first-order chi connectivity index (χ1) is 15.1. The van der Waals surface area contributed by atoms with Gasteiger partial charge in [-0.3, -0.25) is 4.99 Å². The third-order valence-electron chi connectivity index (χ3n) is 8.61. The van der Waals surface area contributed by atoms with Crippen molar-refractivity contribution in [2.45, 2.75) is 115 Å². The van der Waals surface area contributed by atoms with Gasteiger partial charge in [-0.25, -0.2) is 0 Å². The lowest BCUT2D eigenvalue weighted by Crippen LogP contribution is -2.32. The summed E-state index contributed by atoms with van der Waals surface area (Å²) in [5.74, 6) is 2.76. The zero-order chi connectivity index (χ0) is 21.7. The summed E-state index contributed by atoms with van der Waals surface area (Å²) >= 11 is 0. The number of hydrogen-bond donors (Lipinski definition) is 1. The maximum absolute atomic E-state index is 11.5. The lowest BCUT2D eigenvalue weighted by atomic mass is 9.63. The first-order valence-corrected chi connectivity index (χ1v) is 13.1. The number of aromatic hydroxyl groups is 1. The number of ether oxygens (including phenoxy) is 1. The van der Waals surface area contributed by atoms with Crippen LogP contribution in [0.25, 0.3) is 0 Å². The number of aliphatic imine (C=N–C) groups is 1. The van der Waals surface area contributed by atoms with E-state index in [2.05, 4.69) is 13.0 Å². The molecule has 0 aromatic heterocycles. The van der Waals surface area contributed by atoms with Gasteiger partial charge in [-0.1, -0.05) is 71.1 Å². The van der Waals surface area contributed by atoms with E-state index >= 15 is 0 Å². The summed E-state index contributed by atoms with van der Waals surface area (Å²) in [6.45, 7) is 2.32. The van der Waals surface area contributed by atoms with Gasteiger partial charge in [0.2, 0.25) is 0 Å². The third kappa shape index (κ3) is 5.29. The largest absolute Gasteiger partial charge is 0.507 e. The Morgan fingerprint density at radius 2 is 1.65 bits per heavy atom. The van der Waals surface area contributed by atoms with Crippen molar-refractivity contribution in [3.05, 3.63) is 23.3 Å². The van der Waals surface area contributed by atoms with Gasteiger partial charge >= 0.3 is 0 Å². The standard InChI is InChI=1S/C28H43NO2/c1-21-11-7-8-14-26(21)29-20-23-17-24(31-2)18-25(27(23)30)28(15-9-4-10-16-28)19-22-12-5-3-6-13-22/h17-18,20-22,26,30H,3-16,19H2,1-2H3. The Kier molecular flexibility index (Phi) is 7.61. The Labute approximate surface area is 189 Å². The Hall–Kier alpha value is -1.51. The van der Waals surface area contributed by atoms with Gasteiger partial charge in [-0.05, 0) is 61.5 Å². The van der Waals surface area contributed by atoms with Crippen molar-refractivity contribution < 1.29 is 9.84 Å². The first-order valence-electron chi connectivity index (χ1n) is 13.1. The van der Waals surface area contributed by atoms with Crippen LogP contribution in [-0.2, 0) is 5.41 Å². The van der Waals surface area contributed by atoms with E-state index in [1.807, 2.05) is 12.3 Å². The molecule has 2 unspecified atom stereocenters. The SMILES string of the molecule is COc1cc(C=NC2CCCCC2C)c(O)c(C2(CC3CCCCC3)CCCCC2)c1.